The largest absolute Gasteiger partial charge is 0.356 e. The molecule has 1 amide bonds. The predicted octanol–water partition coefficient (Wildman–Crippen LogP) is 4.34. The standard InChI is InChI=1S/C20H17ClN2O2/c21-16-9-5-4-8-15(16)13-22-19(24)20(10-11-20)18-12-17(25-23-18)14-6-2-1-3-7-14/h1-9,12H,10-11,13H2,(H,22,24). The number of rotatable bonds is 5. The van der Waals surface area contributed by atoms with Gasteiger partial charge in [-0.3, -0.25) is 4.79 Å². The van der Waals surface area contributed by atoms with Crippen molar-refractivity contribution >= 4 is 17.5 Å². The molecule has 0 unspecified atom stereocenters. The van der Waals surface area contributed by atoms with Crippen molar-refractivity contribution in [3.63, 3.8) is 0 Å². The Labute approximate surface area is 150 Å². The predicted molar refractivity (Wildman–Crippen MR) is 96.1 cm³/mol. The molecular formula is C20H17ClN2O2. The Morgan fingerprint density at radius 1 is 1.12 bits per heavy atom. The van der Waals surface area contributed by atoms with Crippen molar-refractivity contribution in [2.75, 3.05) is 0 Å². The number of nitrogens with zero attached hydrogens (tertiary/aromatic N) is 1. The minimum atomic E-state index is -0.572. The van der Waals surface area contributed by atoms with Gasteiger partial charge >= 0.3 is 0 Å². The van der Waals surface area contributed by atoms with Crippen LogP contribution in [0.2, 0.25) is 5.02 Å². The molecule has 1 fully saturated rings. The molecular weight excluding hydrogens is 336 g/mol. The van der Waals surface area contributed by atoms with E-state index in [1.807, 2.05) is 60.7 Å². The Hall–Kier alpha value is -2.59. The maximum Gasteiger partial charge on any atom is 0.232 e. The van der Waals surface area contributed by atoms with Crippen LogP contribution in [0.4, 0.5) is 0 Å². The molecule has 0 spiro atoms. The van der Waals surface area contributed by atoms with Crippen LogP contribution in [-0.2, 0) is 16.8 Å². The van der Waals surface area contributed by atoms with Gasteiger partial charge in [0.2, 0.25) is 5.91 Å². The zero-order chi connectivity index (χ0) is 17.3. The van der Waals surface area contributed by atoms with E-state index in [1.54, 1.807) is 0 Å². The van der Waals surface area contributed by atoms with Gasteiger partial charge in [0, 0.05) is 23.2 Å². The quantitative estimate of drug-likeness (QED) is 0.743. The number of amides is 1. The van der Waals surface area contributed by atoms with Gasteiger partial charge in [-0.25, -0.2) is 0 Å². The Balaban J connectivity index is 1.50. The highest BCUT2D eigenvalue weighted by Crippen LogP contribution is 2.48. The molecule has 0 aliphatic heterocycles. The topological polar surface area (TPSA) is 55.1 Å². The molecule has 25 heavy (non-hydrogen) atoms. The molecule has 2 aromatic carbocycles. The third-order valence-electron chi connectivity index (χ3n) is 4.64. The van der Waals surface area contributed by atoms with Crippen LogP contribution < -0.4 is 5.32 Å². The molecule has 1 aromatic heterocycles. The maximum atomic E-state index is 12.7. The third-order valence-corrected chi connectivity index (χ3v) is 5.01. The van der Waals surface area contributed by atoms with Crippen LogP contribution in [0, 0.1) is 0 Å². The SMILES string of the molecule is O=C(NCc1ccccc1Cl)C1(c2cc(-c3ccccc3)on2)CC1. The molecule has 1 saturated carbocycles. The summed E-state index contributed by atoms with van der Waals surface area (Å²) in [4.78, 5) is 12.7. The minimum absolute atomic E-state index is 0.0275. The fourth-order valence-corrected chi connectivity index (χ4v) is 3.15. The lowest BCUT2D eigenvalue weighted by Crippen LogP contribution is -2.34. The molecule has 4 rings (SSSR count). The molecule has 1 N–H and O–H groups in total. The Bertz CT molecular complexity index is 901. The summed E-state index contributed by atoms with van der Waals surface area (Å²) in [6.45, 7) is 0.406. The number of carbonyl (C=O) groups excluding carboxylic acids is 1. The van der Waals surface area contributed by atoms with Crippen molar-refractivity contribution < 1.29 is 9.32 Å². The summed E-state index contributed by atoms with van der Waals surface area (Å²) in [5.41, 5.74) is 1.98. The second-order valence-corrected chi connectivity index (χ2v) is 6.71. The first-order valence-electron chi connectivity index (χ1n) is 8.23. The van der Waals surface area contributed by atoms with Gasteiger partial charge in [-0.05, 0) is 24.5 Å². The average Bonchev–Trinajstić information content (AvgIpc) is 3.31. The molecule has 0 bridgehead atoms. The summed E-state index contributed by atoms with van der Waals surface area (Å²) in [5.74, 6) is 0.654. The molecule has 4 nitrogen and oxygen atoms in total. The van der Waals surface area contributed by atoms with Gasteiger partial charge in [-0.2, -0.15) is 0 Å². The van der Waals surface area contributed by atoms with Gasteiger partial charge in [0.15, 0.2) is 5.76 Å². The molecule has 5 heteroatoms. The lowest BCUT2D eigenvalue weighted by molar-refractivity contribution is -0.123. The monoisotopic (exact) mass is 352 g/mol. The summed E-state index contributed by atoms with van der Waals surface area (Å²) in [6, 6.07) is 19.1. The van der Waals surface area contributed by atoms with Crippen molar-refractivity contribution in [3.05, 3.63) is 76.9 Å². The Kier molecular flexibility index (Phi) is 4.06. The zero-order valence-electron chi connectivity index (χ0n) is 13.5. The van der Waals surface area contributed by atoms with E-state index >= 15 is 0 Å². The van der Waals surface area contributed by atoms with Gasteiger partial charge < -0.3 is 9.84 Å². The van der Waals surface area contributed by atoms with E-state index in [1.165, 1.54) is 0 Å². The number of carbonyl (C=O) groups is 1. The molecule has 126 valence electrons. The van der Waals surface area contributed by atoms with Crippen LogP contribution in [0.15, 0.2) is 65.2 Å². The third kappa shape index (κ3) is 3.05. The lowest BCUT2D eigenvalue weighted by atomic mass is 10.00. The Morgan fingerprint density at radius 2 is 1.84 bits per heavy atom. The zero-order valence-corrected chi connectivity index (χ0v) is 14.3. The van der Waals surface area contributed by atoms with Crippen molar-refractivity contribution in [2.24, 2.45) is 0 Å². The average molecular weight is 353 g/mol. The molecule has 0 atom stereocenters. The lowest BCUT2D eigenvalue weighted by Gasteiger charge is -2.13. The number of hydrogen-bond acceptors (Lipinski definition) is 3. The van der Waals surface area contributed by atoms with Gasteiger partial charge in [0.25, 0.3) is 0 Å². The fourth-order valence-electron chi connectivity index (χ4n) is 2.95. The van der Waals surface area contributed by atoms with Gasteiger partial charge in [0.05, 0.1) is 11.1 Å². The van der Waals surface area contributed by atoms with E-state index in [9.17, 15) is 4.79 Å². The molecule has 0 saturated heterocycles. The van der Waals surface area contributed by atoms with Gasteiger partial charge in [-0.15, -0.1) is 0 Å². The first kappa shape index (κ1) is 15.9. The van der Waals surface area contributed by atoms with Crippen molar-refractivity contribution in [1.82, 2.24) is 10.5 Å². The van der Waals surface area contributed by atoms with Crippen molar-refractivity contribution in [2.45, 2.75) is 24.8 Å². The van der Waals surface area contributed by atoms with E-state index in [-0.39, 0.29) is 5.91 Å². The molecule has 3 aromatic rings. The smallest absolute Gasteiger partial charge is 0.232 e. The highest BCUT2D eigenvalue weighted by Gasteiger charge is 2.53. The first-order valence-corrected chi connectivity index (χ1v) is 8.61. The fraction of sp³-hybridized carbons (Fsp3) is 0.200. The highest BCUT2D eigenvalue weighted by atomic mass is 35.5. The summed E-state index contributed by atoms with van der Waals surface area (Å²) in [6.07, 6.45) is 1.56. The number of aromatic nitrogens is 1. The van der Waals surface area contributed by atoms with Gasteiger partial charge in [-0.1, -0.05) is 65.3 Å². The second-order valence-electron chi connectivity index (χ2n) is 6.30. The summed E-state index contributed by atoms with van der Waals surface area (Å²) in [5, 5.41) is 7.80. The van der Waals surface area contributed by atoms with Crippen LogP contribution in [0.5, 0.6) is 0 Å². The van der Waals surface area contributed by atoms with Crippen molar-refractivity contribution in [3.8, 4) is 11.3 Å². The van der Waals surface area contributed by atoms with Crippen LogP contribution in [0.25, 0.3) is 11.3 Å². The molecule has 0 radical (unpaired) electrons. The van der Waals surface area contributed by atoms with E-state index in [0.717, 1.165) is 24.0 Å². The second kappa shape index (κ2) is 6.37. The summed E-state index contributed by atoms with van der Waals surface area (Å²) < 4.78 is 5.46. The normalized spacial score (nSPS) is 14.9. The molecule has 1 aliphatic carbocycles. The molecule has 1 heterocycles. The van der Waals surface area contributed by atoms with E-state index < -0.39 is 5.41 Å². The van der Waals surface area contributed by atoms with E-state index in [2.05, 4.69) is 10.5 Å². The van der Waals surface area contributed by atoms with E-state index in [4.69, 9.17) is 16.1 Å². The maximum absolute atomic E-state index is 12.7. The Morgan fingerprint density at radius 3 is 2.56 bits per heavy atom. The summed E-state index contributed by atoms with van der Waals surface area (Å²) >= 11 is 6.15. The minimum Gasteiger partial charge on any atom is -0.356 e. The first-order chi connectivity index (χ1) is 12.2. The number of benzene rings is 2. The molecule has 1 aliphatic rings. The number of halogens is 1. The summed E-state index contributed by atoms with van der Waals surface area (Å²) in [7, 11) is 0. The van der Waals surface area contributed by atoms with Crippen LogP contribution in [0.3, 0.4) is 0 Å². The van der Waals surface area contributed by atoms with Gasteiger partial charge in [0.1, 0.15) is 0 Å². The van der Waals surface area contributed by atoms with E-state index in [0.29, 0.717) is 23.0 Å². The van der Waals surface area contributed by atoms with Crippen LogP contribution >= 0.6 is 11.6 Å². The van der Waals surface area contributed by atoms with Crippen LogP contribution in [-0.4, -0.2) is 11.1 Å². The number of hydrogen-bond donors (Lipinski definition) is 1. The highest BCUT2D eigenvalue weighted by molar-refractivity contribution is 6.31. The van der Waals surface area contributed by atoms with Crippen molar-refractivity contribution in [1.29, 1.82) is 0 Å². The number of nitrogens with one attached hydrogen (secondary N) is 1. The van der Waals surface area contributed by atoms with Crippen LogP contribution in [0.1, 0.15) is 24.1 Å².